The first-order valence-electron chi connectivity index (χ1n) is 10.8. The summed E-state index contributed by atoms with van der Waals surface area (Å²) in [5.41, 5.74) is -1.03. The highest BCUT2D eigenvalue weighted by molar-refractivity contribution is 7.22. The average Bonchev–Trinajstić information content (AvgIpc) is 3.32. The van der Waals surface area contributed by atoms with Crippen LogP contribution in [0.4, 0.5) is 8.78 Å². The lowest BCUT2D eigenvalue weighted by Gasteiger charge is -2.32. The molecule has 0 radical (unpaired) electrons. The summed E-state index contributed by atoms with van der Waals surface area (Å²) < 4.78 is 41.0. The van der Waals surface area contributed by atoms with Crippen LogP contribution in [-0.4, -0.2) is 28.8 Å². The Bertz CT molecular complexity index is 1270. The lowest BCUT2D eigenvalue weighted by atomic mass is 9.88. The van der Waals surface area contributed by atoms with E-state index in [4.69, 9.17) is 9.31 Å². The number of halogens is 2. The van der Waals surface area contributed by atoms with Crippen LogP contribution in [0.15, 0.2) is 53.5 Å². The molecule has 1 aliphatic rings. The molecule has 1 fully saturated rings. The lowest BCUT2D eigenvalue weighted by molar-refractivity contribution is 0.00578. The zero-order valence-corrected chi connectivity index (χ0v) is 20.2. The van der Waals surface area contributed by atoms with Crippen LogP contribution >= 0.6 is 11.3 Å². The van der Waals surface area contributed by atoms with Gasteiger partial charge in [-0.2, -0.15) is 0 Å². The van der Waals surface area contributed by atoms with Crippen molar-refractivity contribution in [2.75, 3.05) is 0 Å². The molecule has 0 saturated carbocycles. The zero-order chi connectivity index (χ0) is 24.7. The van der Waals surface area contributed by atoms with Gasteiger partial charge in [0, 0.05) is 15.9 Å². The van der Waals surface area contributed by atoms with E-state index in [1.165, 1.54) is 34.2 Å². The molecule has 1 amide bonds. The van der Waals surface area contributed by atoms with Crippen LogP contribution in [-0.2, 0) is 22.4 Å². The summed E-state index contributed by atoms with van der Waals surface area (Å²) in [6, 6.07) is 10.2. The highest BCUT2D eigenvalue weighted by Gasteiger charge is 2.52. The third kappa shape index (κ3) is 4.84. The molecule has 6 nitrogen and oxygen atoms in total. The van der Waals surface area contributed by atoms with Crippen LogP contribution in [0.25, 0.3) is 0 Å². The second-order valence-corrected chi connectivity index (χ2v) is 10.4. The third-order valence-corrected chi connectivity index (χ3v) is 7.30. The number of pyridine rings is 1. The summed E-state index contributed by atoms with van der Waals surface area (Å²) in [6.07, 6.45) is 1.50. The zero-order valence-electron chi connectivity index (χ0n) is 19.4. The minimum Gasteiger partial charge on any atom is -0.399 e. The predicted octanol–water partition coefficient (Wildman–Crippen LogP) is 3.47. The van der Waals surface area contributed by atoms with Crippen molar-refractivity contribution in [3.63, 3.8) is 0 Å². The summed E-state index contributed by atoms with van der Waals surface area (Å²) >= 11 is 1.47. The van der Waals surface area contributed by atoms with Crippen molar-refractivity contribution in [3.05, 3.63) is 86.7 Å². The molecule has 0 bridgehead atoms. The van der Waals surface area contributed by atoms with Gasteiger partial charge in [-0.25, -0.2) is 8.78 Å². The summed E-state index contributed by atoms with van der Waals surface area (Å²) in [5, 5.41) is 2.77. The van der Waals surface area contributed by atoms with Gasteiger partial charge >= 0.3 is 7.12 Å². The minimum atomic E-state index is -0.990. The molecule has 10 heteroatoms. The van der Waals surface area contributed by atoms with E-state index in [1.54, 1.807) is 6.07 Å². The maximum absolute atomic E-state index is 13.5. The number of amides is 1. The van der Waals surface area contributed by atoms with Gasteiger partial charge in [-0.1, -0.05) is 12.1 Å². The summed E-state index contributed by atoms with van der Waals surface area (Å²) in [4.78, 5) is 26.4. The first kappa shape index (κ1) is 24.3. The van der Waals surface area contributed by atoms with Crippen LogP contribution in [0.5, 0.6) is 0 Å². The fourth-order valence-corrected chi connectivity index (χ4v) is 4.42. The molecule has 1 N–H and O–H groups in total. The molecule has 1 saturated heterocycles. The summed E-state index contributed by atoms with van der Waals surface area (Å²) in [5.74, 6) is -2.47. The smallest absolute Gasteiger partial charge is 0.399 e. The van der Waals surface area contributed by atoms with Crippen LogP contribution in [0.2, 0.25) is 0 Å². The third-order valence-electron chi connectivity index (χ3n) is 6.19. The van der Waals surface area contributed by atoms with Crippen molar-refractivity contribution in [1.82, 2.24) is 9.88 Å². The molecule has 4 rings (SSSR count). The highest BCUT2D eigenvalue weighted by atomic mass is 32.1. The average molecular weight is 486 g/mol. The van der Waals surface area contributed by atoms with Crippen molar-refractivity contribution in [1.29, 1.82) is 0 Å². The second kappa shape index (κ2) is 9.09. The lowest BCUT2D eigenvalue weighted by Crippen LogP contribution is -2.41. The number of benzene rings is 1. The SMILES string of the molecule is CC1(C)OB(c2ccc(CNC(=O)c3cccn(Cc4ccc(F)c(F)c4)c3=O)s2)OC1(C)C. The fraction of sp³-hybridized carbons (Fsp3) is 0.333. The number of rotatable bonds is 6. The molecule has 0 spiro atoms. The van der Waals surface area contributed by atoms with Gasteiger partial charge in [0.2, 0.25) is 0 Å². The van der Waals surface area contributed by atoms with Gasteiger partial charge in [-0.05, 0) is 63.6 Å². The molecule has 2 aromatic heterocycles. The second-order valence-electron chi connectivity index (χ2n) is 9.18. The Balaban J connectivity index is 1.42. The Hall–Kier alpha value is -2.82. The number of hydrogen-bond donors (Lipinski definition) is 1. The van der Waals surface area contributed by atoms with E-state index in [0.29, 0.717) is 5.56 Å². The summed E-state index contributed by atoms with van der Waals surface area (Å²) in [7, 11) is -0.475. The molecule has 3 aromatic rings. The molecular weight excluding hydrogens is 461 g/mol. The quantitative estimate of drug-likeness (QED) is 0.542. The molecule has 178 valence electrons. The van der Waals surface area contributed by atoms with Crippen molar-refractivity contribution in [2.45, 2.75) is 52.0 Å². The molecular formula is C24H25BF2N2O4S. The van der Waals surface area contributed by atoms with E-state index >= 15 is 0 Å². The molecule has 0 atom stereocenters. The van der Waals surface area contributed by atoms with Gasteiger partial charge in [0.15, 0.2) is 11.6 Å². The standard InChI is InChI=1S/C24H25BF2N2O4S/c1-23(2)24(3,4)33-25(32-23)20-10-8-16(34-20)13-28-21(30)17-6-5-11-29(22(17)31)14-15-7-9-18(26)19(27)12-15/h5-12H,13-14H2,1-4H3,(H,28,30). The van der Waals surface area contributed by atoms with E-state index in [0.717, 1.165) is 21.8 Å². The topological polar surface area (TPSA) is 69.6 Å². The number of nitrogens with zero attached hydrogens (tertiary/aromatic N) is 1. The minimum absolute atomic E-state index is 0.0134. The van der Waals surface area contributed by atoms with Crippen molar-refractivity contribution < 1.29 is 22.9 Å². The molecule has 1 aliphatic heterocycles. The fourth-order valence-electron chi connectivity index (χ4n) is 3.51. The van der Waals surface area contributed by atoms with Crippen molar-refractivity contribution >= 4 is 29.1 Å². The molecule has 3 heterocycles. The van der Waals surface area contributed by atoms with Crippen molar-refractivity contribution in [3.8, 4) is 0 Å². The largest absolute Gasteiger partial charge is 0.505 e. The number of hydrogen-bond acceptors (Lipinski definition) is 5. The number of carbonyl (C=O) groups excluding carboxylic acids is 1. The Morgan fingerprint density at radius 2 is 1.76 bits per heavy atom. The van der Waals surface area contributed by atoms with Crippen LogP contribution in [0.3, 0.4) is 0 Å². The van der Waals surface area contributed by atoms with E-state index < -0.39 is 41.4 Å². The van der Waals surface area contributed by atoms with E-state index in [2.05, 4.69) is 5.32 Å². The van der Waals surface area contributed by atoms with Gasteiger partial charge in [-0.15, -0.1) is 11.3 Å². The Labute approximate surface area is 200 Å². The van der Waals surface area contributed by atoms with Gasteiger partial charge in [0.05, 0.1) is 24.3 Å². The Morgan fingerprint density at radius 1 is 1.06 bits per heavy atom. The van der Waals surface area contributed by atoms with E-state index in [9.17, 15) is 18.4 Å². The van der Waals surface area contributed by atoms with Crippen molar-refractivity contribution in [2.24, 2.45) is 0 Å². The first-order chi connectivity index (χ1) is 16.0. The molecule has 0 aliphatic carbocycles. The van der Waals surface area contributed by atoms with Gasteiger partial charge in [0.1, 0.15) is 5.56 Å². The maximum atomic E-state index is 13.5. The van der Waals surface area contributed by atoms with Gasteiger partial charge in [0.25, 0.3) is 11.5 Å². The predicted molar refractivity (Wildman–Crippen MR) is 127 cm³/mol. The summed E-state index contributed by atoms with van der Waals surface area (Å²) in [6.45, 7) is 8.20. The molecule has 1 aromatic carbocycles. The highest BCUT2D eigenvalue weighted by Crippen LogP contribution is 2.37. The molecule has 34 heavy (non-hydrogen) atoms. The Morgan fingerprint density at radius 3 is 2.44 bits per heavy atom. The molecule has 0 unspecified atom stereocenters. The Kier molecular flexibility index (Phi) is 6.50. The van der Waals surface area contributed by atoms with Crippen LogP contribution < -0.4 is 15.7 Å². The normalized spacial score (nSPS) is 16.6. The number of thiophene rings is 1. The van der Waals surface area contributed by atoms with Gasteiger partial charge < -0.3 is 19.2 Å². The van der Waals surface area contributed by atoms with E-state index in [1.807, 2.05) is 39.8 Å². The first-order valence-corrected chi connectivity index (χ1v) is 11.6. The number of carbonyl (C=O) groups is 1. The maximum Gasteiger partial charge on any atom is 0.505 e. The van der Waals surface area contributed by atoms with E-state index in [-0.39, 0.29) is 18.7 Å². The number of nitrogens with one attached hydrogen (secondary N) is 1. The van der Waals surface area contributed by atoms with Crippen LogP contribution in [0, 0.1) is 11.6 Å². The number of aromatic nitrogens is 1. The van der Waals surface area contributed by atoms with Crippen LogP contribution in [0.1, 0.15) is 48.5 Å². The van der Waals surface area contributed by atoms with Gasteiger partial charge in [-0.3, -0.25) is 9.59 Å². The monoisotopic (exact) mass is 486 g/mol.